The number of benzene rings is 1. The number of aromatic nitrogens is 3. The van der Waals surface area contributed by atoms with E-state index in [9.17, 15) is 13.2 Å². The SMILES string of the molecule is Cc1ccc(S(=O)(=O)NC(=O)c2cc[nH]c2)c(Cc2cnc(C)nc2)c1. The third-order valence-corrected chi connectivity index (χ3v) is 5.25. The van der Waals surface area contributed by atoms with Gasteiger partial charge in [-0.25, -0.2) is 23.1 Å². The second-order valence-electron chi connectivity index (χ2n) is 5.96. The highest BCUT2D eigenvalue weighted by molar-refractivity contribution is 7.90. The van der Waals surface area contributed by atoms with E-state index in [0.29, 0.717) is 17.8 Å². The Balaban J connectivity index is 1.93. The molecule has 2 N–H and O–H groups in total. The van der Waals surface area contributed by atoms with E-state index >= 15 is 0 Å². The van der Waals surface area contributed by atoms with Crippen LogP contribution in [0.1, 0.15) is 32.9 Å². The maximum atomic E-state index is 12.7. The van der Waals surface area contributed by atoms with Crippen LogP contribution >= 0.6 is 0 Å². The molecule has 0 unspecified atom stereocenters. The maximum Gasteiger partial charge on any atom is 0.266 e. The first-order chi connectivity index (χ1) is 12.3. The largest absolute Gasteiger partial charge is 0.367 e. The summed E-state index contributed by atoms with van der Waals surface area (Å²) in [6, 6.07) is 6.50. The first kappa shape index (κ1) is 17.8. The van der Waals surface area contributed by atoms with E-state index in [4.69, 9.17) is 0 Å². The normalized spacial score (nSPS) is 11.3. The lowest BCUT2D eigenvalue weighted by molar-refractivity contribution is 0.0981. The van der Waals surface area contributed by atoms with Gasteiger partial charge in [0.05, 0.1) is 10.5 Å². The molecule has 0 bridgehead atoms. The van der Waals surface area contributed by atoms with Crippen LogP contribution in [0.5, 0.6) is 0 Å². The van der Waals surface area contributed by atoms with Gasteiger partial charge in [-0.3, -0.25) is 4.79 Å². The maximum absolute atomic E-state index is 12.7. The Bertz CT molecular complexity index is 1030. The van der Waals surface area contributed by atoms with Crippen molar-refractivity contribution in [3.05, 3.63) is 77.1 Å². The first-order valence-electron chi connectivity index (χ1n) is 7.92. The number of carbonyl (C=O) groups excluding carboxylic acids is 1. The van der Waals surface area contributed by atoms with Crippen LogP contribution < -0.4 is 4.72 Å². The van der Waals surface area contributed by atoms with Crippen molar-refractivity contribution in [3.8, 4) is 0 Å². The van der Waals surface area contributed by atoms with Gasteiger partial charge in [0, 0.05) is 31.2 Å². The van der Waals surface area contributed by atoms with Crippen molar-refractivity contribution in [1.82, 2.24) is 19.7 Å². The molecule has 0 saturated heterocycles. The number of amides is 1. The summed E-state index contributed by atoms with van der Waals surface area (Å²) in [5.41, 5.74) is 2.53. The molecule has 26 heavy (non-hydrogen) atoms. The summed E-state index contributed by atoms with van der Waals surface area (Å²) in [7, 11) is -4.02. The van der Waals surface area contributed by atoms with Crippen molar-refractivity contribution in [1.29, 1.82) is 0 Å². The number of sulfonamides is 1. The highest BCUT2D eigenvalue weighted by Gasteiger charge is 2.22. The molecule has 134 valence electrons. The van der Waals surface area contributed by atoms with Crippen molar-refractivity contribution < 1.29 is 13.2 Å². The molecular weight excluding hydrogens is 352 g/mol. The monoisotopic (exact) mass is 370 g/mol. The van der Waals surface area contributed by atoms with Gasteiger partial charge in [0.25, 0.3) is 15.9 Å². The summed E-state index contributed by atoms with van der Waals surface area (Å²) in [5.74, 6) is -0.0407. The van der Waals surface area contributed by atoms with Gasteiger partial charge in [-0.15, -0.1) is 0 Å². The van der Waals surface area contributed by atoms with E-state index < -0.39 is 15.9 Å². The van der Waals surface area contributed by atoms with Gasteiger partial charge in [-0.2, -0.15) is 0 Å². The van der Waals surface area contributed by atoms with Crippen LogP contribution in [0.15, 0.2) is 53.9 Å². The molecule has 0 aliphatic carbocycles. The lowest BCUT2D eigenvalue weighted by atomic mass is 10.1. The molecule has 0 spiro atoms. The Morgan fingerprint density at radius 1 is 1.15 bits per heavy atom. The summed E-state index contributed by atoms with van der Waals surface area (Å²) >= 11 is 0. The number of hydrogen-bond donors (Lipinski definition) is 2. The Labute approximate surface area is 151 Å². The molecular formula is C18H18N4O3S. The minimum Gasteiger partial charge on any atom is -0.367 e. The average molecular weight is 370 g/mol. The van der Waals surface area contributed by atoms with Gasteiger partial charge in [0.2, 0.25) is 0 Å². The standard InChI is InChI=1S/C18H18N4O3S/c1-12-3-4-17(16(7-12)8-14-9-20-13(2)21-10-14)26(24,25)22-18(23)15-5-6-19-11-15/h3-7,9-11,19H,8H2,1-2H3,(H,22,23). The molecule has 0 aliphatic heterocycles. The third-order valence-electron chi connectivity index (χ3n) is 3.82. The summed E-state index contributed by atoms with van der Waals surface area (Å²) < 4.78 is 27.6. The lowest BCUT2D eigenvalue weighted by Crippen LogP contribution is -2.31. The van der Waals surface area contributed by atoms with Crippen molar-refractivity contribution in [2.24, 2.45) is 0 Å². The molecule has 7 nitrogen and oxygen atoms in total. The summed E-state index contributed by atoms with van der Waals surface area (Å²) in [5, 5.41) is 0. The van der Waals surface area contributed by atoms with Gasteiger partial charge in [0.1, 0.15) is 5.82 Å². The van der Waals surface area contributed by atoms with Crippen LogP contribution in [0.2, 0.25) is 0 Å². The first-order valence-corrected chi connectivity index (χ1v) is 9.40. The number of aryl methyl sites for hydroxylation is 2. The van der Waals surface area contributed by atoms with Gasteiger partial charge >= 0.3 is 0 Å². The smallest absolute Gasteiger partial charge is 0.266 e. The number of H-pyrrole nitrogens is 1. The number of aromatic amines is 1. The van der Waals surface area contributed by atoms with Gasteiger partial charge < -0.3 is 4.98 Å². The quantitative estimate of drug-likeness (QED) is 0.716. The molecule has 0 aliphatic rings. The molecule has 1 aromatic carbocycles. The molecule has 2 aromatic heterocycles. The minimum atomic E-state index is -4.02. The summed E-state index contributed by atoms with van der Waals surface area (Å²) in [4.78, 5) is 23.2. The Morgan fingerprint density at radius 3 is 2.54 bits per heavy atom. The topological polar surface area (TPSA) is 105 Å². The molecule has 3 rings (SSSR count). The fourth-order valence-electron chi connectivity index (χ4n) is 2.54. The molecule has 8 heteroatoms. The van der Waals surface area contributed by atoms with E-state index in [1.54, 1.807) is 37.6 Å². The Hall–Kier alpha value is -3.00. The van der Waals surface area contributed by atoms with E-state index in [1.807, 2.05) is 6.92 Å². The Kier molecular flexibility index (Phi) is 4.85. The Morgan fingerprint density at radius 2 is 1.88 bits per heavy atom. The van der Waals surface area contributed by atoms with Crippen LogP contribution in [-0.4, -0.2) is 29.3 Å². The molecule has 0 atom stereocenters. The number of carbonyl (C=O) groups is 1. The average Bonchev–Trinajstić information content (AvgIpc) is 3.11. The lowest BCUT2D eigenvalue weighted by Gasteiger charge is -2.12. The zero-order valence-corrected chi connectivity index (χ0v) is 15.2. The van der Waals surface area contributed by atoms with Crippen LogP contribution in [0.25, 0.3) is 0 Å². The van der Waals surface area contributed by atoms with Crippen LogP contribution in [-0.2, 0) is 16.4 Å². The fourth-order valence-corrected chi connectivity index (χ4v) is 3.74. The second kappa shape index (κ2) is 7.09. The van der Waals surface area contributed by atoms with Crippen molar-refractivity contribution in [2.75, 3.05) is 0 Å². The van der Waals surface area contributed by atoms with E-state index in [-0.39, 0.29) is 10.5 Å². The molecule has 1 amide bonds. The molecule has 0 fully saturated rings. The van der Waals surface area contributed by atoms with Crippen molar-refractivity contribution in [3.63, 3.8) is 0 Å². The zero-order valence-electron chi connectivity index (χ0n) is 14.4. The number of nitrogens with zero attached hydrogens (tertiary/aromatic N) is 2. The van der Waals surface area contributed by atoms with Crippen LogP contribution in [0, 0.1) is 13.8 Å². The highest BCUT2D eigenvalue weighted by atomic mass is 32.2. The van der Waals surface area contributed by atoms with E-state index in [0.717, 1.165) is 11.1 Å². The number of rotatable bonds is 5. The minimum absolute atomic E-state index is 0.0626. The predicted molar refractivity (Wildman–Crippen MR) is 96.2 cm³/mol. The van der Waals surface area contributed by atoms with Gasteiger partial charge in [0.15, 0.2) is 0 Å². The zero-order chi connectivity index (χ0) is 18.7. The second-order valence-corrected chi connectivity index (χ2v) is 7.61. The van der Waals surface area contributed by atoms with Gasteiger partial charge in [-0.05, 0) is 37.1 Å². The van der Waals surface area contributed by atoms with Crippen LogP contribution in [0.3, 0.4) is 0 Å². The highest BCUT2D eigenvalue weighted by Crippen LogP contribution is 2.21. The van der Waals surface area contributed by atoms with Crippen molar-refractivity contribution >= 4 is 15.9 Å². The van der Waals surface area contributed by atoms with Gasteiger partial charge in [-0.1, -0.05) is 17.7 Å². The molecule has 0 radical (unpaired) electrons. The molecule has 2 heterocycles. The van der Waals surface area contributed by atoms with E-state index in [2.05, 4.69) is 19.7 Å². The van der Waals surface area contributed by atoms with Crippen LogP contribution in [0.4, 0.5) is 0 Å². The predicted octanol–water partition coefficient (Wildman–Crippen LogP) is 2.13. The van der Waals surface area contributed by atoms with Crippen molar-refractivity contribution in [2.45, 2.75) is 25.2 Å². The summed E-state index contributed by atoms with van der Waals surface area (Å²) in [6.45, 7) is 3.66. The number of hydrogen-bond acceptors (Lipinski definition) is 5. The fraction of sp³-hybridized carbons (Fsp3) is 0.167. The molecule has 3 aromatic rings. The number of nitrogens with one attached hydrogen (secondary N) is 2. The van der Waals surface area contributed by atoms with E-state index in [1.165, 1.54) is 18.3 Å². The summed E-state index contributed by atoms with van der Waals surface area (Å²) in [6.07, 6.45) is 6.66. The molecule has 0 saturated carbocycles. The third kappa shape index (κ3) is 3.97.